The lowest BCUT2D eigenvalue weighted by molar-refractivity contribution is -0.0192. The quantitative estimate of drug-likeness (QED) is 0.500. The van der Waals surface area contributed by atoms with Crippen LogP contribution in [0, 0.1) is 5.82 Å². The van der Waals surface area contributed by atoms with Crippen molar-refractivity contribution in [2.75, 3.05) is 7.11 Å². The van der Waals surface area contributed by atoms with Crippen molar-refractivity contribution in [1.29, 1.82) is 0 Å². The molecule has 0 unspecified atom stereocenters. The normalized spacial score (nSPS) is 19.8. The first kappa shape index (κ1) is 18.2. The van der Waals surface area contributed by atoms with E-state index in [0.717, 1.165) is 44.8 Å². The van der Waals surface area contributed by atoms with E-state index >= 15 is 0 Å². The first-order valence-electron chi connectivity index (χ1n) is 9.34. The summed E-state index contributed by atoms with van der Waals surface area (Å²) in [6.07, 6.45) is 0.235. The highest BCUT2D eigenvalue weighted by Gasteiger charge is 2.41. The standard InChI is InChI=1S/C23H18BrFN2O2/c1-28-18-7-3-4-14(11-18)20-13-21-19-12-16(24)8-9-22(19)29-23(27(21)26-20)15-5-2-6-17(25)10-15/h2-12,21,23H,13H2,1H3/t21-,23+/m1/s1. The molecule has 0 aliphatic carbocycles. The van der Waals surface area contributed by atoms with Crippen molar-refractivity contribution in [2.45, 2.75) is 18.7 Å². The Balaban J connectivity index is 1.60. The van der Waals surface area contributed by atoms with Crippen molar-refractivity contribution >= 4 is 21.6 Å². The Bertz CT molecular complexity index is 1120. The van der Waals surface area contributed by atoms with Crippen LogP contribution in [0.25, 0.3) is 0 Å². The lowest BCUT2D eigenvalue weighted by Crippen LogP contribution is -2.33. The Morgan fingerprint density at radius 3 is 2.79 bits per heavy atom. The minimum absolute atomic E-state index is 0.00529. The molecule has 0 saturated heterocycles. The third-order valence-electron chi connectivity index (χ3n) is 5.29. The maximum Gasteiger partial charge on any atom is 0.213 e. The Morgan fingerprint density at radius 2 is 1.97 bits per heavy atom. The number of fused-ring (bicyclic) bond motifs is 3. The van der Waals surface area contributed by atoms with Crippen molar-refractivity contribution in [3.8, 4) is 11.5 Å². The Labute approximate surface area is 176 Å². The second kappa shape index (κ2) is 7.19. The van der Waals surface area contributed by atoms with Crippen molar-refractivity contribution in [1.82, 2.24) is 5.01 Å². The zero-order valence-corrected chi connectivity index (χ0v) is 17.3. The molecule has 3 aromatic rings. The second-order valence-corrected chi connectivity index (χ2v) is 8.00. The highest BCUT2D eigenvalue weighted by molar-refractivity contribution is 9.10. The predicted octanol–water partition coefficient (Wildman–Crippen LogP) is 5.84. The zero-order valence-electron chi connectivity index (χ0n) is 15.7. The van der Waals surface area contributed by atoms with Crippen molar-refractivity contribution in [3.05, 3.63) is 93.7 Å². The third kappa shape index (κ3) is 3.27. The summed E-state index contributed by atoms with van der Waals surface area (Å²) in [4.78, 5) is 0. The number of hydrogen-bond acceptors (Lipinski definition) is 4. The molecule has 0 spiro atoms. The predicted molar refractivity (Wildman–Crippen MR) is 113 cm³/mol. The van der Waals surface area contributed by atoms with Crippen LogP contribution in [0.15, 0.2) is 76.3 Å². The lowest BCUT2D eigenvalue weighted by atomic mass is 9.96. The molecule has 0 fully saturated rings. The molecular weight excluding hydrogens is 435 g/mol. The second-order valence-electron chi connectivity index (χ2n) is 7.09. The lowest BCUT2D eigenvalue weighted by Gasteiger charge is -2.38. The third-order valence-corrected chi connectivity index (χ3v) is 5.78. The van der Waals surface area contributed by atoms with Gasteiger partial charge in [-0.25, -0.2) is 9.40 Å². The smallest absolute Gasteiger partial charge is 0.213 e. The summed E-state index contributed by atoms with van der Waals surface area (Å²) in [5, 5.41) is 6.85. The van der Waals surface area contributed by atoms with Gasteiger partial charge in [0.25, 0.3) is 0 Å². The van der Waals surface area contributed by atoms with E-state index in [1.165, 1.54) is 12.1 Å². The number of ether oxygens (including phenoxy) is 2. The Hall–Kier alpha value is -2.86. The highest BCUT2D eigenvalue weighted by atomic mass is 79.9. The van der Waals surface area contributed by atoms with E-state index in [9.17, 15) is 4.39 Å². The van der Waals surface area contributed by atoms with Gasteiger partial charge in [-0.2, -0.15) is 5.10 Å². The summed E-state index contributed by atoms with van der Waals surface area (Å²) in [6.45, 7) is 0. The van der Waals surface area contributed by atoms with Crippen molar-refractivity contribution in [2.24, 2.45) is 5.10 Å². The van der Waals surface area contributed by atoms with Crippen LogP contribution in [0.4, 0.5) is 4.39 Å². The van der Waals surface area contributed by atoms with Crippen LogP contribution in [0.2, 0.25) is 0 Å². The maximum absolute atomic E-state index is 13.9. The number of rotatable bonds is 3. The Kier molecular flexibility index (Phi) is 4.51. The number of halogens is 2. The molecule has 0 amide bonds. The average Bonchev–Trinajstić information content (AvgIpc) is 3.19. The summed E-state index contributed by atoms with van der Waals surface area (Å²) >= 11 is 3.56. The zero-order chi connectivity index (χ0) is 20.0. The fourth-order valence-electron chi connectivity index (χ4n) is 3.92. The highest BCUT2D eigenvalue weighted by Crippen LogP contribution is 2.48. The van der Waals surface area contributed by atoms with E-state index in [1.54, 1.807) is 13.2 Å². The molecule has 5 rings (SSSR count). The fraction of sp³-hybridized carbons (Fsp3) is 0.174. The molecular formula is C23H18BrFN2O2. The van der Waals surface area contributed by atoms with E-state index in [-0.39, 0.29) is 11.9 Å². The van der Waals surface area contributed by atoms with Gasteiger partial charge in [-0.05, 0) is 42.5 Å². The molecule has 2 atom stereocenters. The fourth-order valence-corrected chi connectivity index (χ4v) is 4.29. The first-order valence-corrected chi connectivity index (χ1v) is 10.1. The van der Waals surface area contributed by atoms with Gasteiger partial charge in [-0.15, -0.1) is 0 Å². The van der Waals surface area contributed by atoms with Gasteiger partial charge in [0.15, 0.2) is 0 Å². The van der Waals surface area contributed by atoms with Crippen LogP contribution in [0.1, 0.15) is 35.4 Å². The van der Waals surface area contributed by atoms with Crippen LogP contribution in [0.5, 0.6) is 11.5 Å². The van der Waals surface area contributed by atoms with Crippen molar-refractivity contribution in [3.63, 3.8) is 0 Å². The molecule has 3 aromatic carbocycles. The number of hydrazone groups is 1. The average molecular weight is 453 g/mol. The number of benzene rings is 3. The van der Waals surface area contributed by atoms with Gasteiger partial charge in [-0.1, -0.05) is 40.2 Å². The van der Waals surface area contributed by atoms with Gasteiger partial charge < -0.3 is 9.47 Å². The summed E-state index contributed by atoms with van der Waals surface area (Å²) in [5.41, 5.74) is 3.76. The monoisotopic (exact) mass is 452 g/mol. The molecule has 2 aliphatic rings. The van der Waals surface area contributed by atoms with Crippen LogP contribution < -0.4 is 9.47 Å². The van der Waals surface area contributed by atoms with Gasteiger partial charge in [0.1, 0.15) is 17.3 Å². The van der Waals surface area contributed by atoms with Crippen molar-refractivity contribution < 1.29 is 13.9 Å². The van der Waals surface area contributed by atoms with E-state index in [0.29, 0.717) is 0 Å². The molecule has 0 bridgehead atoms. The molecule has 0 N–H and O–H groups in total. The molecule has 29 heavy (non-hydrogen) atoms. The molecule has 2 heterocycles. The van der Waals surface area contributed by atoms with Crippen LogP contribution in [0.3, 0.4) is 0 Å². The summed E-state index contributed by atoms with van der Waals surface area (Å²) in [6, 6.07) is 20.4. The van der Waals surface area contributed by atoms with E-state index in [1.807, 2.05) is 47.5 Å². The SMILES string of the molecule is COc1cccc(C2=NN3[C@H](C2)c2cc(Br)ccc2O[C@H]3c2cccc(F)c2)c1. The maximum atomic E-state index is 13.9. The Morgan fingerprint density at radius 1 is 1.10 bits per heavy atom. The van der Waals surface area contributed by atoms with E-state index < -0.39 is 6.23 Å². The molecule has 0 radical (unpaired) electrons. The van der Waals surface area contributed by atoms with Crippen LogP contribution in [-0.4, -0.2) is 17.8 Å². The molecule has 6 heteroatoms. The largest absolute Gasteiger partial charge is 0.497 e. The first-order chi connectivity index (χ1) is 14.1. The van der Waals surface area contributed by atoms with E-state index in [4.69, 9.17) is 14.6 Å². The van der Waals surface area contributed by atoms with E-state index in [2.05, 4.69) is 22.0 Å². The number of nitrogens with zero attached hydrogens (tertiary/aromatic N) is 2. The number of hydrogen-bond donors (Lipinski definition) is 0. The summed E-state index contributed by atoms with van der Waals surface area (Å²) in [5.74, 6) is 1.29. The minimum atomic E-state index is -0.493. The molecule has 0 aromatic heterocycles. The van der Waals surface area contributed by atoms with Gasteiger partial charge >= 0.3 is 0 Å². The van der Waals surface area contributed by atoms with Gasteiger partial charge in [0, 0.05) is 27.6 Å². The molecule has 146 valence electrons. The molecule has 0 saturated carbocycles. The summed E-state index contributed by atoms with van der Waals surface area (Å²) in [7, 11) is 1.65. The van der Waals surface area contributed by atoms with Crippen LogP contribution in [-0.2, 0) is 0 Å². The molecule has 4 nitrogen and oxygen atoms in total. The van der Waals surface area contributed by atoms with Gasteiger partial charge in [-0.3, -0.25) is 0 Å². The minimum Gasteiger partial charge on any atom is -0.497 e. The summed E-state index contributed by atoms with van der Waals surface area (Å²) < 4.78 is 26.5. The topological polar surface area (TPSA) is 34.1 Å². The molecule has 2 aliphatic heterocycles. The van der Waals surface area contributed by atoms with Gasteiger partial charge in [0.2, 0.25) is 6.23 Å². The number of methoxy groups -OCH3 is 1. The van der Waals surface area contributed by atoms with Crippen LogP contribution >= 0.6 is 15.9 Å². The van der Waals surface area contributed by atoms with Gasteiger partial charge in [0.05, 0.1) is 18.9 Å².